The van der Waals surface area contributed by atoms with E-state index in [1.807, 2.05) is 0 Å². The number of hydrogen-bond acceptors (Lipinski definition) is 2. The Hall–Kier alpha value is -2.05. The Morgan fingerprint density at radius 3 is 2.29 bits per heavy atom. The number of nitrogens with one attached hydrogen (secondary N) is 1. The molecule has 0 aliphatic carbocycles. The standard InChI is InChI=1S/C14H17F3N2O2/c1-13(2,8-14(15,16)17)12(21)19-7-9-5-3-4-6-10(9)11(18)20/h3-6H,7-8H2,1-2H3,(H2,18,20)(H,19,21). The highest BCUT2D eigenvalue weighted by atomic mass is 19.4. The van der Waals surface area contributed by atoms with Crippen LogP contribution in [0.3, 0.4) is 0 Å². The van der Waals surface area contributed by atoms with Crippen molar-refractivity contribution in [3.05, 3.63) is 35.4 Å². The van der Waals surface area contributed by atoms with Crippen LogP contribution in [0.4, 0.5) is 13.2 Å². The fraction of sp³-hybridized carbons (Fsp3) is 0.429. The average Bonchev–Trinajstić information content (AvgIpc) is 2.33. The summed E-state index contributed by atoms with van der Waals surface area (Å²) in [6.07, 6.45) is -5.64. The average molecular weight is 302 g/mol. The topological polar surface area (TPSA) is 72.2 Å². The van der Waals surface area contributed by atoms with E-state index in [2.05, 4.69) is 5.32 Å². The number of rotatable bonds is 5. The lowest BCUT2D eigenvalue weighted by Gasteiger charge is -2.25. The first-order valence-electron chi connectivity index (χ1n) is 6.26. The Bertz CT molecular complexity index is 539. The van der Waals surface area contributed by atoms with Crippen LogP contribution >= 0.6 is 0 Å². The number of alkyl halides is 3. The molecule has 4 nitrogen and oxygen atoms in total. The maximum Gasteiger partial charge on any atom is 0.390 e. The maximum absolute atomic E-state index is 12.4. The molecule has 7 heteroatoms. The molecule has 1 rings (SSSR count). The highest BCUT2D eigenvalue weighted by Crippen LogP contribution is 2.33. The Morgan fingerprint density at radius 1 is 1.19 bits per heavy atom. The van der Waals surface area contributed by atoms with Crippen LogP contribution in [0, 0.1) is 5.41 Å². The van der Waals surface area contributed by atoms with Crippen molar-refractivity contribution in [2.24, 2.45) is 11.1 Å². The first kappa shape index (κ1) is 17.0. The summed E-state index contributed by atoms with van der Waals surface area (Å²) >= 11 is 0. The summed E-state index contributed by atoms with van der Waals surface area (Å²) in [4.78, 5) is 23.1. The molecule has 0 bridgehead atoms. The predicted molar refractivity (Wildman–Crippen MR) is 71.3 cm³/mol. The van der Waals surface area contributed by atoms with E-state index < -0.39 is 29.8 Å². The second kappa shape index (κ2) is 6.15. The fourth-order valence-corrected chi connectivity index (χ4v) is 1.91. The molecule has 0 unspecified atom stereocenters. The monoisotopic (exact) mass is 302 g/mol. The van der Waals surface area contributed by atoms with Crippen molar-refractivity contribution in [2.75, 3.05) is 0 Å². The van der Waals surface area contributed by atoms with E-state index in [1.54, 1.807) is 18.2 Å². The summed E-state index contributed by atoms with van der Waals surface area (Å²) in [5, 5.41) is 2.41. The number of carbonyl (C=O) groups excluding carboxylic acids is 2. The largest absolute Gasteiger partial charge is 0.390 e. The summed E-state index contributed by atoms with van der Waals surface area (Å²) in [6.45, 7) is 2.38. The van der Waals surface area contributed by atoms with Gasteiger partial charge in [0, 0.05) is 12.1 Å². The Kier molecular flexibility index (Phi) is 4.98. The molecule has 1 aromatic rings. The van der Waals surface area contributed by atoms with Gasteiger partial charge in [-0.05, 0) is 11.6 Å². The van der Waals surface area contributed by atoms with E-state index >= 15 is 0 Å². The Balaban J connectivity index is 2.76. The Labute approximate surface area is 120 Å². The minimum absolute atomic E-state index is 0.0563. The molecule has 0 fully saturated rings. The van der Waals surface area contributed by atoms with Crippen LogP contribution < -0.4 is 11.1 Å². The Morgan fingerprint density at radius 2 is 1.76 bits per heavy atom. The van der Waals surface area contributed by atoms with Crippen molar-refractivity contribution in [3.8, 4) is 0 Å². The van der Waals surface area contributed by atoms with Crippen molar-refractivity contribution in [1.82, 2.24) is 5.32 Å². The molecule has 21 heavy (non-hydrogen) atoms. The van der Waals surface area contributed by atoms with Crippen molar-refractivity contribution < 1.29 is 22.8 Å². The molecule has 0 heterocycles. The van der Waals surface area contributed by atoms with Gasteiger partial charge in [0.1, 0.15) is 0 Å². The number of benzene rings is 1. The first-order valence-corrected chi connectivity index (χ1v) is 6.26. The van der Waals surface area contributed by atoms with Gasteiger partial charge in [0.25, 0.3) is 0 Å². The van der Waals surface area contributed by atoms with Crippen molar-refractivity contribution in [2.45, 2.75) is 33.0 Å². The smallest absolute Gasteiger partial charge is 0.366 e. The molecule has 0 radical (unpaired) electrons. The minimum atomic E-state index is -4.42. The van der Waals surface area contributed by atoms with Crippen LogP contribution in [0.5, 0.6) is 0 Å². The number of amides is 2. The SMILES string of the molecule is CC(C)(CC(F)(F)F)C(=O)NCc1ccccc1C(N)=O. The van der Waals surface area contributed by atoms with E-state index in [9.17, 15) is 22.8 Å². The molecule has 3 N–H and O–H groups in total. The summed E-state index contributed by atoms with van der Waals surface area (Å²) in [5.74, 6) is -1.39. The summed E-state index contributed by atoms with van der Waals surface area (Å²) in [5.41, 5.74) is 4.29. The zero-order chi connectivity index (χ0) is 16.3. The van der Waals surface area contributed by atoms with Gasteiger partial charge in [-0.1, -0.05) is 32.0 Å². The molecule has 0 saturated carbocycles. The summed E-state index contributed by atoms with van der Waals surface area (Å²) in [6, 6.07) is 6.33. The van der Waals surface area contributed by atoms with Gasteiger partial charge in [0.05, 0.1) is 11.8 Å². The van der Waals surface area contributed by atoms with Gasteiger partial charge in [0.15, 0.2) is 0 Å². The highest BCUT2D eigenvalue weighted by molar-refractivity contribution is 5.94. The molecule has 2 amide bonds. The van der Waals surface area contributed by atoms with Gasteiger partial charge in [-0.25, -0.2) is 0 Å². The van der Waals surface area contributed by atoms with Crippen molar-refractivity contribution >= 4 is 11.8 Å². The van der Waals surface area contributed by atoms with E-state index in [-0.39, 0.29) is 12.1 Å². The van der Waals surface area contributed by atoms with E-state index in [0.717, 1.165) is 0 Å². The molecule has 116 valence electrons. The first-order chi connectivity index (χ1) is 9.53. The van der Waals surface area contributed by atoms with Crippen LogP contribution in [0.2, 0.25) is 0 Å². The van der Waals surface area contributed by atoms with Crippen LogP contribution in [0.1, 0.15) is 36.2 Å². The number of halogens is 3. The third-order valence-corrected chi connectivity index (χ3v) is 2.98. The minimum Gasteiger partial charge on any atom is -0.366 e. The van der Waals surface area contributed by atoms with Crippen molar-refractivity contribution in [1.29, 1.82) is 0 Å². The lowest BCUT2D eigenvalue weighted by Crippen LogP contribution is -2.39. The zero-order valence-corrected chi connectivity index (χ0v) is 11.8. The number of primary amides is 1. The van der Waals surface area contributed by atoms with Gasteiger partial charge >= 0.3 is 6.18 Å². The van der Waals surface area contributed by atoms with Crippen LogP contribution in [0.15, 0.2) is 24.3 Å². The normalized spacial score (nSPS) is 12.0. The van der Waals surface area contributed by atoms with E-state index in [1.165, 1.54) is 19.9 Å². The molecule has 0 atom stereocenters. The van der Waals surface area contributed by atoms with Gasteiger partial charge in [-0.2, -0.15) is 13.2 Å². The van der Waals surface area contributed by atoms with Crippen LogP contribution in [-0.2, 0) is 11.3 Å². The number of nitrogens with two attached hydrogens (primary N) is 1. The third kappa shape index (κ3) is 5.09. The molecular formula is C14H17F3N2O2. The summed E-state index contributed by atoms with van der Waals surface area (Å²) < 4.78 is 37.2. The fourth-order valence-electron chi connectivity index (χ4n) is 1.91. The van der Waals surface area contributed by atoms with Crippen LogP contribution in [-0.4, -0.2) is 18.0 Å². The molecule has 0 saturated heterocycles. The molecule has 0 aliphatic rings. The third-order valence-electron chi connectivity index (χ3n) is 2.98. The second-order valence-electron chi connectivity index (χ2n) is 5.38. The molecule has 0 aliphatic heterocycles. The molecule has 0 aromatic heterocycles. The van der Waals surface area contributed by atoms with E-state index in [4.69, 9.17) is 5.73 Å². The number of hydrogen-bond donors (Lipinski definition) is 2. The van der Waals surface area contributed by atoms with Gasteiger partial charge < -0.3 is 11.1 Å². The number of carbonyl (C=O) groups is 2. The molecule has 0 spiro atoms. The second-order valence-corrected chi connectivity index (χ2v) is 5.38. The van der Waals surface area contributed by atoms with Crippen molar-refractivity contribution in [3.63, 3.8) is 0 Å². The lowest BCUT2D eigenvalue weighted by molar-refractivity contribution is -0.164. The zero-order valence-electron chi connectivity index (χ0n) is 11.8. The molecular weight excluding hydrogens is 285 g/mol. The van der Waals surface area contributed by atoms with E-state index in [0.29, 0.717) is 5.56 Å². The van der Waals surface area contributed by atoms with Gasteiger partial charge in [-0.15, -0.1) is 0 Å². The van der Waals surface area contributed by atoms with Gasteiger partial charge in [-0.3, -0.25) is 9.59 Å². The summed E-state index contributed by atoms with van der Waals surface area (Å²) in [7, 11) is 0. The predicted octanol–water partition coefficient (Wildman–Crippen LogP) is 2.38. The highest BCUT2D eigenvalue weighted by Gasteiger charge is 2.40. The van der Waals surface area contributed by atoms with Gasteiger partial charge in [0.2, 0.25) is 11.8 Å². The van der Waals surface area contributed by atoms with Crippen LogP contribution in [0.25, 0.3) is 0 Å². The lowest BCUT2D eigenvalue weighted by atomic mass is 9.88. The quantitative estimate of drug-likeness (QED) is 0.876. The molecule has 1 aromatic carbocycles. The maximum atomic E-state index is 12.4.